The van der Waals surface area contributed by atoms with E-state index in [1.165, 1.54) is 0 Å². The van der Waals surface area contributed by atoms with Crippen molar-refractivity contribution >= 4 is 52.2 Å². The lowest BCUT2D eigenvalue weighted by atomic mass is 10.1. The van der Waals surface area contributed by atoms with E-state index in [0.717, 1.165) is 0 Å². The van der Waals surface area contributed by atoms with Crippen molar-refractivity contribution in [3.63, 3.8) is 0 Å². The first-order valence-corrected chi connectivity index (χ1v) is 6.96. The second kappa shape index (κ2) is 4.61. The molecule has 1 fully saturated rings. The van der Waals surface area contributed by atoms with Crippen molar-refractivity contribution in [1.82, 2.24) is 10.3 Å². The van der Waals surface area contributed by atoms with Gasteiger partial charge >= 0.3 is 6.01 Å². The number of benzene rings is 1. The van der Waals surface area contributed by atoms with Crippen LogP contribution >= 0.6 is 23.2 Å². The van der Waals surface area contributed by atoms with Crippen molar-refractivity contribution in [2.45, 2.75) is 17.7 Å². The Kier molecular flexibility index (Phi) is 3.11. The highest BCUT2D eigenvalue weighted by atomic mass is 35.5. The van der Waals surface area contributed by atoms with E-state index in [-0.39, 0.29) is 17.9 Å². The van der Waals surface area contributed by atoms with Crippen LogP contribution in [0.25, 0.3) is 11.1 Å². The average molecular weight is 327 g/mol. The monoisotopic (exact) mass is 326 g/mol. The summed E-state index contributed by atoms with van der Waals surface area (Å²) in [5.74, 6) is -0.506. The maximum Gasteiger partial charge on any atom is 0.325 e. The number of nitrogens with zero attached hydrogens (tertiary/aromatic N) is 2. The molecule has 1 saturated carbocycles. The van der Waals surface area contributed by atoms with Gasteiger partial charge in [-0.2, -0.15) is 9.98 Å². The minimum absolute atomic E-state index is 0.0676. The average Bonchev–Trinajstić information content (AvgIpc) is 2.76. The lowest BCUT2D eigenvalue weighted by Crippen LogP contribution is -2.41. The van der Waals surface area contributed by atoms with Crippen molar-refractivity contribution < 1.29 is 9.21 Å². The summed E-state index contributed by atoms with van der Waals surface area (Å²) in [6.07, 6.45) is 0.366. The van der Waals surface area contributed by atoms with Crippen LogP contribution < -0.4 is 11.1 Å². The third-order valence-corrected chi connectivity index (χ3v) is 4.60. The van der Waals surface area contributed by atoms with Crippen LogP contribution in [0.1, 0.15) is 13.3 Å². The van der Waals surface area contributed by atoms with E-state index in [2.05, 4.69) is 15.3 Å². The Balaban J connectivity index is 1.76. The normalized spacial score (nSPS) is 24.0. The number of hydrogen-bond donors (Lipinski definition) is 2. The second-order valence-electron chi connectivity index (χ2n) is 5.13. The van der Waals surface area contributed by atoms with Crippen LogP contribution in [-0.4, -0.2) is 21.2 Å². The molecule has 1 heterocycles. The molecule has 1 aromatic carbocycles. The van der Waals surface area contributed by atoms with Gasteiger partial charge < -0.3 is 10.2 Å². The number of aliphatic imine (C=N–C) groups is 1. The number of oxazole rings is 1. The van der Waals surface area contributed by atoms with Crippen LogP contribution in [0, 0.1) is 5.41 Å². The van der Waals surface area contributed by atoms with Crippen LogP contribution in [-0.2, 0) is 4.79 Å². The fourth-order valence-electron chi connectivity index (χ4n) is 1.94. The summed E-state index contributed by atoms with van der Waals surface area (Å²) in [4.78, 5) is 20.1. The molecule has 1 aliphatic rings. The molecule has 6 nitrogen and oxygen atoms in total. The maximum atomic E-state index is 12.0. The number of hydrogen-bond acceptors (Lipinski definition) is 4. The Morgan fingerprint density at radius 1 is 1.48 bits per heavy atom. The zero-order valence-electron chi connectivity index (χ0n) is 11.1. The van der Waals surface area contributed by atoms with Crippen molar-refractivity contribution in [3.05, 3.63) is 24.3 Å². The second-order valence-corrected chi connectivity index (χ2v) is 6.61. The van der Waals surface area contributed by atoms with Gasteiger partial charge in [-0.25, -0.2) is 0 Å². The summed E-state index contributed by atoms with van der Waals surface area (Å²) in [6, 6.07) is 7.26. The zero-order chi connectivity index (χ0) is 15.3. The number of halogens is 2. The summed E-state index contributed by atoms with van der Waals surface area (Å²) < 4.78 is 4.32. The number of para-hydroxylation sites is 2. The molecule has 1 unspecified atom stereocenters. The van der Waals surface area contributed by atoms with Crippen molar-refractivity contribution in [3.8, 4) is 0 Å². The Hall–Kier alpha value is -1.79. The minimum Gasteiger partial charge on any atom is -0.422 e. The highest BCUT2D eigenvalue weighted by Crippen LogP contribution is 2.63. The summed E-state index contributed by atoms with van der Waals surface area (Å²) in [5, 5.41) is 2.45. The van der Waals surface area contributed by atoms with E-state index in [1.807, 2.05) is 12.1 Å². The van der Waals surface area contributed by atoms with Crippen molar-refractivity contribution in [2.24, 2.45) is 16.1 Å². The molecule has 0 radical (unpaired) electrons. The topological polar surface area (TPSA) is 93.5 Å². The molecule has 21 heavy (non-hydrogen) atoms. The predicted molar refractivity (Wildman–Crippen MR) is 80.6 cm³/mol. The number of alkyl halides is 2. The lowest BCUT2D eigenvalue weighted by Gasteiger charge is -2.11. The van der Waals surface area contributed by atoms with E-state index >= 15 is 0 Å². The number of aromatic nitrogens is 1. The number of fused-ring (bicyclic) bond motifs is 1. The molecular weight excluding hydrogens is 315 g/mol. The Labute approximate surface area is 130 Å². The molecule has 1 aliphatic carbocycles. The van der Waals surface area contributed by atoms with Gasteiger partial charge in [-0.1, -0.05) is 12.1 Å². The highest BCUT2D eigenvalue weighted by molar-refractivity contribution is 6.53. The van der Waals surface area contributed by atoms with Gasteiger partial charge in [0, 0.05) is 0 Å². The van der Waals surface area contributed by atoms with Crippen LogP contribution in [0.2, 0.25) is 0 Å². The van der Waals surface area contributed by atoms with Gasteiger partial charge in [0.05, 0.1) is 5.41 Å². The van der Waals surface area contributed by atoms with Gasteiger partial charge in [0.1, 0.15) is 9.85 Å². The number of nitrogens with one attached hydrogen (secondary N) is 1. The molecule has 1 atom stereocenters. The Morgan fingerprint density at radius 2 is 2.14 bits per heavy atom. The third-order valence-electron chi connectivity index (χ3n) is 3.50. The zero-order valence-corrected chi connectivity index (χ0v) is 12.6. The number of carbonyl (C=O) groups excluding carboxylic acids is 1. The fourth-order valence-corrected chi connectivity index (χ4v) is 2.65. The SMILES string of the molecule is CC1(C(=O)NC(N)=Nc2nc3ccccc3o2)CC1(Cl)Cl. The van der Waals surface area contributed by atoms with Crippen LogP contribution in [0.4, 0.5) is 6.01 Å². The van der Waals surface area contributed by atoms with Crippen LogP contribution in [0.3, 0.4) is 0 Å². The maximum absolute atomic E-state index is 12.0. The predicted octanol–water partition coefficient (Wildman–Crippen LogP) is 2.47. The number of carbonyl (C=O) groups is 1. The standard InChI is InChI=1S/C13H12Cl2N4O2/c1-12(6-13(12,14)15)9(20)18-10(16)19-11-17-7-4-2-3-5-8(7)21-11/h2-5H,6H2,1H3,(H3,16,17,18,19,20). The third kappa shape index (κ3) is 2.45. The van der Waals surface area contributed by atoms with Gasteiger partial charge in [0.25, 0.3) is 0 Å². The van der Waals surface area contributed by atoms with Gasteiger partial charge in [-0.15, -0.1) is 23.2 Å². The molecule has 110 valence electrons. The van der Waals surface area contributed by atoms with Crippen molar-refractivity contribution in [2.75, 3.05) is 0 Å². The number of rotatable bonds is 2. The Morgan fingerprint density at radius 3 is 2.76 bits per heavy atom. The first kappa shape index (κ1) is 14.2. The summed E-state index contributed by atoms with van der Waals surface area (Å²) in [5.41, 5.74) is 6.06. The number of guanidine groups is 1. The van der Waals surface area contributed by atoms with Crippen LogP contribution in [0.15, 0.2) is 33.7 Å². The number of amides is 1. The molecule has 3 N–H and O–H groups in total. The molecule has 8 heteroatoms. The summed E-state index contributed by atoms with van der Waals surface area (Å²) in [6.45, 7) is 1.66. The summed E-state index contributed by atoms with van der Waals surface area (Å²) >= 11 is 11.9. The van der Waals surface area contributed by atoms with E-state index in [9.17, 15) is 4.79 Å². The molecule has 1 amide bonds. The Bertz CT molecular complexity index is 722. The largest absolute Gasteiger partial charge is 0.422 e. The summed E-state index contributed by atoms with van der Waals surface area (Å²) in [7, 11) is 0. The van der Waals surface area contributed by atoms with Gasteiger partial charge in [0.15, 0.2) is 5.58 Å². The highest BCUT2D eigenvalue weighted by Gasteiger charge is 2.68. The van der Waals surface area contributed by atoms with Gasteiger partial charge in [-0.3, -0.25) is 10.1 Å². The molecule has 0 aliphatic heterocycles. The minimum atomic E-state index is -1.06. The first-order chi connectivity index (χ1) is 9.82. The molecule has 3 rings (SSSR count). The molecule has 0 bridgehead atoms. The van der Waals surface area contributed by atoms with Crippen LogP contribution in [0.5, 0.6) is 0 Å². The number of nitrogens with two attached hydrogens (primary N) is 1. The van der Waals surface area contributed by atoms with E-state index < -0.39 is 9.75 Å². The van der Waals surface area contributed by atoms with E-state index in [1.54, 1.807) is 19.1 Å². The van der Waals surface area contributed by atoms with E-state index in [4.69, 9.17) is 33.4 Å². The van der Waals surface area contributed by atoms with E-state index in [0.29, 0.717) is 17.5 Å². The lowest BCUT2D eigenvalue weighted by molar-refractivity contribution is -0.124. The molecule has 0 saturated heterocycles. The van der Waals surface area contributed by atoms with Gasteiger partial charge in [-0.05, 0) is 25.5 Å². The van der Waals surface area contributed by atoms with Crippen molar-refractivity contribution in [1.29, 1.82) is 0 Å². The quantitative estimate of drug-likeness (QED) is 0.503. The smallest absolute Gasteiger partial charge is 0.325 e. The first-order valence-electron chi connectivity index (χ1n) is 6.21. The fraction of sp³-hybridized carbons (Fsp3) is 0.308. The molecule has 2 aromatic rings. The molecule has 1 aromatic heterocycles. The molecular formula is C13H12Cl2N4O2. The molecule has 0 spiro atoms. The van der Waals surface area contributed by atoms with Gasteiger partial charge in [0.2, 0.25) is 11.9 Å².